The minimum absolute atomic E-state index is 0.725. The molecular weight excluding hydrogens is 262 g/mol. The van der Waals surface area contributed by atoms with Gasteiger partial charge in [-0.3, -0.25) is 9.80 Å². The van der Waals surface area contributed by atoms with Crippen molar-refractivity contribution in [3.8, 4) is 0 Å². The van der Waals surface area contributed by atoms with E-state index in [1.165, 1.54) is 44.3 Å². The maximum absolute atomic E-state index is 5.71. The fourth-order valence-electron chi connectivity index (χ4n) is 3.39. The Morgan fingerprint density at radius 1 is 1.38 bits per heavy atom. The van der Waals surface area contributed by atoms with Crippen LogP contribution in [-0.2, 0) is 13.1 Å². The zero-order valence-corrected chi connectivity index (χ0v) is 13.5. The van der Waals surface area contributed by atoms with Crippen LogP contribution < -0.4 is 5.32 Å². The summed E-state index contributed by atoms with van der Waals surface area (Å²) >= 11 is 0. The summed E-state index contributed by atoms with van der Waals surface area (Å²) in [5.41, 5.74) is 1.33. The lowest BCUT2D eigenvalue weighted by molar-refractivity contribution is 0.187. The number of furan rings is 1. The summed E-state index contributed by atoms with van der Waals surface area (Å²) in [6.07, 6.45) is 7.19. The fraction of sp³-hybridized carbons (Fsp3) is 0.765. The second-order valence-corrected chi connectivity index (χ2v) is 6.65. The molecule has 1 aromatic rings. The Balaban J connectivity index is 1.49. The molecule has 0 bridgehead atoms. The molecule has 1 saturated heterocycles. The molecule has 2 aliphatic rings. The van der Waals surface area contributed by atoms with Gasteiger partial charge in [0.2, 0.25) is 0 Å². The van der Waals surface area contributed by atoms with Gasteiger partial charge in [-0.1, -0.05) is 6.92 Å². The van der Waals surface area contributed by atoms with Crippen LogP contribution in [0.25, 0.3) is 0 Å². The van der Waals surface area contributed by atoms with E-state index in [1.807, 2.05) is 6.26 Å². The predicted molar refractivity (Wildman–Crippen MR) is 85.2 cm³/mol. The van der Waals surface area contributed by atoms with Crippen LogP contribution in [0.15, 0.2) is 16.7 Å². The van der Waals surface area contributed by atoms with Gasteiger partial charge >= 0.3 is 0 Å². The van der Waals surface area contributed by atoms with E-state index in [-0.39, 0.29) is 0 Å². The third-order valence-corrected chi connectivity index (χ3v) is 4.84. The molecule has 4 nitrogen and oxygen atoms in total. The van der Waals surface area contributed by atoms with E-state index in [9.17, 15) is 0 Å². The van der Waals surface area contributed by atoms with Gasteiger partial charge in [-0.05, 0) is 51.9 Å². The van der Waals surface area contributed by atoms with Crippen molar-refractivity contribution in [1.82, 2.24) is 15.1 Å². The van der Waals surface area contributed by atoms with Crippen LogP contribution in [0.2, 0.25) is 0 Å². The molecule has 1 aliphatic carbocycles. The second kappa shape index (κ2) is 6.95. The Bertz CT molecular complexity index is 441. The number of nitrogens with zero attached hydrogens (tertiary/aromatic N) is 2. The van der Waals surface area contributed by atoms with Gasteiger partial charge in [0.1, 0.15) is 5.76 Å². The summed E-state index contributed by atoms with van der Waals surface area (Å²) in [5.74, 6) is 1.13. The summed E-state index contributed by atoms with van der Waals surface area (Å²) in [6, 6.07) is 3.59. The SMILES string of the molecule is CCN1CCCC1CN(C)Cc1occc1CNC1CC1. The van der Waals surface area contributed by atoms with E-state index < -0.39 is 0 Å². The minimum atomic E-state index is 0.725. The van der Waals surface area contributed by atoms with Gasteiger partial charge < -0.3 is 9.73 Å². The monoisotopic (exact) mass is 291 g/mol. The van der Waals surface area contributed by atoms with E-state index >= 15 is 0 Å². The molecule has 1 saturated carbocycles. The maximum Gasteiger partial charge on any atom is 0.122 e. The molecule has 0 spiro atoms. The first-order valence-corrected chi connectivity index (χ1v) is 8.47. The van der Waals surface area contributed by atoms with Crippen molar-refractivity contribution >= 4 is 0 Å². The van der Waals surface area contributed by atoms with Crippen LogP contribution in [0, 0.1) is 0 Å². The Morgan fingerprint density at radius 3 is 3.00 bits per heavy atom. The largest absolute Gasteiger partial charge is 0.468 e. The van der Waals surface area contributed by atoms with Crippen molar-refractivity contribution in [2.45, 2.75) is 57.8 Å². The third kappa shape index (κ3) is 4.09. The number of nitrogens with one attached hydrogen (secondary N) is 1. The highest BCUT2D eigenvalue weighted by Gasteiger charge is 2.25. The highest BCUT2D eigenvalue weighted by Crippen LogP contribution is 2.21. The van der Waals surface area contributed by atoms with Crippen molar-refractivity contribution in [2.75, 3.05) is 26.7 Å². The fourth-order valence-corrected chi connectivity index (χ4v) is 3.39. The molecule has 21 heavy (non-hydrogen) atoms. The second-order valence-electron chi connectivity index (χ2n) is 6.65. The molecule has 0 aromatic carbocycles. The number of likely N-dealkylation sites (N-methyl/N-ethyl adjacent to an activating group) is 2. The standard InChI is InChI=1S/C17H29N3O/c1-3-20-9-4-5-16(20)12-19(2)13-17-14(8-10-21-17)11-18-15-6-7-15/h8,10,15-16,18H,3-7,9,11-13H2,1-2H3. The molecule has 118 valence electrons. The molecule has 0 radical (unpaired) electrons. The molecule has 2 fully saturated rings. The van der Waals surface area contributed by atoms with Gasteiger partial charge in [-0.25, -0.2) is 0 Å². The lowest BCUT2D eigenvalue weighted by Gasteiger charge is -2.27. The molecule has 1 aromatic heterocycles. The van der Waals surface area contributed by atoms with E-state index in [0.717, 1.165) is 37.5 Å². The van der Waals surface area contributed by atoms with Crippen LogP contribution in [-0.4, -0.2) is 48.6 Å². The number of rotatable bonds is 8. The van der Waals surface area contributed by atoms with Crippen LogP contribution >= 0.6 is 0 Å². The summed E-state index contributed by atoms with van der Waals surface area (Å²) < 4.78 is 5.71. The van der Waals surface area contributed by atoms with E-state index in [0.29, 0.717) is 0 Å². The number of hydrogen-bond acceptors (Lipinski definition) is 4. The lowest BCUT2D eigenvalue weighted by Crippen LogP contribution is -2.38. The van der Waals surface area contributed by atoms with Crippen LogP contribution in [0.4, 0.5) is 0 Å². The van der Waals surface area contributed by atoms with Crippen LogP contribution in [0.3, 0.4) is 0 Å². The molecule has 4 heteroatoms. The average molecular weight is 291 g/mol. The Morgan fingerprint density at radius 2 is 2.24 bits per heavy atom. The highest BCUT2D eigenvalue weighted by molar-refractivity contribution is 5.17. The molecule has 0 amide bonds. The third-order valence-electron chi connectivity index (χ3n) is 4.84. The average Bonchev–Trinajstić information content (AvgIpc) is 3.03. The van der Waals surface area contributed by atoms with Gasteiger partial charge in [0.25, 0.3) is 0 Å². The predicted octanol–water partition coefficient (Wildman–Crippen LogP) is 2.45. The normalized spacial score (nSPS) is 23.3. The van der Waals surface area contributed by atoms with Crippen molar-refractivity contribution in [1.29, 1.82) is 0 Å². The van der Waals surface area contributed by atoms with Crippen molar-refractivity contribution in [2.24, 2.45) is 0 Å². The van der Waals surface area contributed by atoms with Crippen LogP contribution in [0.5, 0.6) is 0 Å². The highest BCUT2D eigenvalue weighted by atomic mass is 16.3. The number of likely N-dealkylation sites (tertiary alicyclic amines) is 1. The topological polar surface area (TPSA) is 31.6 Å². The van der Waals surface area contributed by atoms with Crippen molar-refractivity contribution in [3.05, 3.63) is 23.7 Å². The van der Waals surface area contributed by atoms with Gasteiger partial charge in [0.05, 0.1) is 12.8 Å². The first kappa shape index (κ1) is 15.1. The van der Waals surface area contributed by atoms with E-state index in [2.05, 4.69) is 35.2 Å². The summed E-state index contributed by atoms with van der Waals surface area (Å²) in [5, 5.41) is 3.58. The lowest BCUT2D eigenvalue weighted by atomic mass is 10.2. The smallest absolute Gasteiger partial charge is 0.122 e. The van der Waals surface area contributed by atoms with Gasteiger partial charge in [0.15, 0.2) is 0 Å². The number of hydrogen-bond donors (Lipinski definition) is 1. The summed E-state index contributed by atoms with van der Waals surface area (Å²) in [4.78, 5) is 5.02. The molecule has 3 rings (SSSR count). The van der Waals surface area contributed by atoms with Gasteiger partial charge in [-0.2, -0.15) is 0 Å². The Kier molecular flexibility index (Phi) is 4.99. The molecule has 1 unspecified atom stereocenters. The molecule has 2 heterocycles. The summed E-state index contributed by atoms with van der Waals surface area (Å²) in [6.45, 7) is 7.73. The molecular formula is C17H29N3O. The summed E-state index contributed by atoms with van der Waals surface area (Å²) in [7, 11) is 2.22. The van der Waals surface area contributed by atoms with Crippen molar-refractivity contribution < 1.29 is 4.42 Å². The maximum atomic E-state index is 5.71. The zero-order chi connectivity index (χ0) is 14.7. The first-order chi connectivity index (χ1) is 10.3. The Labute approximate surface area is 128 Å². The van der Waals surface area contributed by atoms with E-state index in [1.54, 1.807) is 0 Å². The quantitative estimate of drug-likeness (QED) is 0.797. The van der Waals surface area contributed by atoms with E-state index in [4.69, 9.17) is 4.42 Å². The van der Waals surface area contributed by atoms with Gasteiger partial charge in [0, 0.05) is 30.7 Å². The van der Waals surface area contributed by atoms with Gasteiger partial charge in [-0.15, -0.1) is 0 Å². The van der Waals surface area contributed by atoms with Crippen molar-refractivity contribution in [3.63, 3.8) is 0 Å². The Hall–Kier alpha value is -0.840. The molecule has 1 N–H and O–H groups in total. The first-order valence-electron chi connectivity index (χ1n) is 8.47. The zero-order valence-electron chi connectivity index (χ0n) is 13.5. The molecule has 1 atom stereocenters. The minimum Gasteiger partial charge on any atom is -0.468 e. The molecule has 1 aliphatic heterocycles. The van der Waals surface area contributed by atoms with Crippen LogP contribution in [0.1, 0.15) is 43.9 Å².